The Hall–Kier alpha value is -2.88. The number of methoxy groups -OCH3 is 2. The molecule has 194 valence electrons. The van der Waals surface area contributed by atoms with Crippen LogP contribution < -0.4 is 9.47 Å². The lowest BCUT2D eigenvalue weighted by Crippen LogP contribution is -2.43. The summed E-state index contributed by atoms with van der Waals surface area (Å²) in [5.74, 6) is 1.05. The largest absolute Gasteiger partial charge is 0.493 e. The number of ether oxygens (including phenoxy) is 2. The van der Waals surface area contributed by atoms with Gasteiger partial charge in [0.1, 0.15) is 0 Å². The minimum atomic E-state index is -3.79. The number of amides is 1. The zero-order chi connectivity index (χ0) is 26.0. The van der Waals surface area contributed by atoms with Crippen molar-refractivity contribution >= 4 is 27.3 Å². The van der Waals surface area contributed by atoms with E-state index in [1.807, 2.05) is 42.6 Å². The molecule has 1 amide bonds. The highest BCUT2D eigenvalue weighted by Gasteiger charge is 2.28. The van der Waals surface area contributed by atoms with Crippen molar-refractivity contribution in [1.82, 2.24) is 9.21 Å². The molecule has 0 bridgehead atoms. The van der Waals surface area contributed by atoms with E-state index in [0.717, 1.165) is 16.9 Å². The summed E-state index contributed by atoms with van der Waals surface area (Å²) in [6, 6.07) is 17.9. The van der Waals surface area contributed by atoms with E-state index in [9.17, 15) is 13.2 Å². The summed E-state index contributed by atoms with van der Waals surface area (Å²) in [6.45, 7) is 2.97. The van der Waals surface area contributed by atoms with Gasteiger partial charge in [0.25, 0.3) is 0 Å². The molecule has 3 aromatic rings. The van der Waals surface area contributed by atoms with Crippen LogP contribution in [0.4, 0.5) is 0 Å². The Labute approximate surface area is 218 Å². The minimum Gasteiger partial charge on any atom is -0.493 e. The molecule has 0 saturated heterocycles. The van der Waals surface area contributed by atoms with Crippen molar-refractivity contribution in [2.24, 2.45) is 0 Å². The number of thiophene rings is 1. The van der Waals surface area contributed by atoms with Crippen molar-refractivity contribution in [2.45, 2.75) is 37.6 Å². The van der Waals surface area contributed by atoms with E-state index >= 15 is 0 Å². The number of sulfonamides is 1. The summed E-state index contributed by atoms with van der Waals surface area (Å²) in [5, 5.41) is 1.97. The smallest absolute Gasteiger partial charge is 0.243 e. The second-order valence-corrected chi connectivity index (χ2v) is 11.3. The minimum absolute atomic E-state index is 0.198. The lowest BCUT2D eigenvalue weighted by Gasteiger charge is -2.27. The van der Waals surface area contributed by atoms with Gasteiger partial charge in [-0.25, -0.2) is 8.42 Å². The summed E-state index contributed by atoms with van der Waals surface area (Å²) in [7, 11) is -0.610. The van der Waals surface area contributed by atoms with Crippen LogP contribution in [0.25, 0.3) is 0 Å². The van der Waals surface area contributed by atoms with Crippen LogP contribution in [0, 0.1) is 0 Å². The Bertz CT molecular complexity index is 1200. The lowest BCUT2D eigenvalue weighted by atomic mass is 10.1. The fourth-order valence-corrected chi connectivity index (χ4v) is 5.96. The quantitative estimate of drug-likeness (QED) is 0.299. The monoisotopic (exact) mass is 530 g/mol. The van der Waals surface area contributed by atoms with Gasteiger partial charge in [0.15, 0.2) is 11.5 Å². The Morgan fingerprint density at radius 1 is 0.944 bits per heavy atom. The molecular formula is C27H34N2O5S2. The van der Waals surface area contributed by atoms with Gasteiger partial charge in [0.2, 0.25) is 15.9 Å². The molecular weight excluding hydrogens is 496 g/mol. The van der Waals surface area contributed by atoms with Gasteiger partial charge in [-0.3, -0.25) is 4.79 Å². The van der Waals surface area contributed by atoms with E-state index < -0.39 is 10.0 Å². The second kappa shape index (κ2) is 13.4. The third-order valence-electron chi connectivity index (χ3n) is 5.85. The molecule has 0 aliphatic carbocycles. The molecule has 0 radical (unpaired) electrons. The second-order valence-electron chi connectivity index (χ2n) is 8.34. The van der Waals surface area contributed by atoms with Crippen LogP contribution in [0.5, 0.6) is 11.5 Å². The van der Waals surface area contributed by atoms with Crippen molar-refractivity contribution in [2.75, 3.05) is 33.9 Å². The first kappa shape index (κ1) is 27.7. The van der Waals surface area contributed by atoms with Crippen LogP contribution in [-0.2, 0) is 27.8 Å². The Kier molecular flexibility index (Phi) is 10.3. The summed E-state index contributed by atoms with van der Waals surface area (Å²) in [6.07, 6.45) is 2.10. The van der Waals surface area contributed by atoms with Gasteiger partial charge < -0.3 is 14.4 Å². The summed E-state index contributed by atoms with van der Waals surface area (Å²) >= 11 is 1.57. The maximum atomic E-state index is 13.5. The Morgan fingerprint density at radius 3 is 2.33 bits per heavy atom. The molecule has 0 N–H and O–H groups in total. The fourth-order valence-electron chi connectivity index (χ4n) is 3.79. The zero-order valence-corrected chi connectivity index (χ0v) is 22.7. The number of hydrogen-bond acceptors (Lipinski definition) is 6. The molecule has 1 heterocycles. The topological polar surface area (TPSA) is 76.2 Å². The van der Waals surface area contributed by atoms with Crippen LogP contribution >= 0.6 is 11.3 Å². The summed E-state index contributed by atoms with van der Waals surface area (Å²) < 4.78 is 38.7. The van der Waals surface area contributed by atoms with E-state index in [-0.39, 0.29) is 17.3 Å². The van der Waals surface area contributed by atoms with E-state index in [1.165, 1.54) is 4.31 Å². The number of hydrogen-bond donors (Lipinski definition) is 0. The molecule has 9 heteroatoms. The van der Waals surface area contributed by atoms with Crippen molar-refractivity contribution in [3.8, 4) is 11.5 Å². The van der Waals surface area contributed by atoms with Gasteiger partial charge in [0, 0.05) is 18.0 Å². The average molecular weight is 531 g/mol. The third kappa shape index (κ3) is 7.32. The number of carbonyl (C=O) groups excluding carboxylic acids is 1. The van der Waals surface area contributed by atoms with Gasteiger partial charge in [-0.1, -0.05) is 43.7 Å². The number of benzene rings is 2. The molecule has 0 spiro atoms. The van der Waals surface area contributed by atoms with E-state index in [4.69, 9.17) is 9.47 Å². The normalized spacial score (nSPS) is 11.4. The van der Waals surface area contributed by atoms with Crippen molar-refractivity contribution in [3.63, 3.8) is 0 Å². The van der Waals surface area contributed by atoms with Gasteiger partial charge in [0.05, 0.1) is 32.2 Å². The first-order valence-electron chi connectivity index (χ1n) is 11.9. The van der Waals surface area contributed by atoms with Gasteiger partial charge in [-0.15, -0.1) is 11.3 Å². The maximum absolute atomic E-state index is 13.5. The van der Waals surface area contributed by atoms with Crippen LogP contribution in [-0.4, -0.2) is 57.4 Å². The van der Waals surface area contributed by atoms with Crippen LogP contribution in [0.2, 0.25) is 0 Å². The Balaban J connectivity index is 1.80. The highest BCUT2D eigenvalue weighted by molar-refractivity contribution is 7.89. The van der Waals surface area contributed by atoms with Crippen LogP contribution in [0.1, 0.15) is 30.2 Å². The van der Waals surface area contributed by atoms with Gasteiger partial charge >= 0.3 is 0 Å². The highest BCUT2D eigenvalue weighted by Crippen LogP contribution is 2.28. The number of carbonyl (C=O) groups is 1. The average Bonchev–Trinajstić information content (AvgIpc) is 3.42. The molecule has 2 aromatic carbocycles. The maximum Gasteiger partial charge on any atom is 0.243 e. The van der Waals surface area contributed by atoms with Gasteiger partial charge in [-0.2, -0.15) is 4.31 Å². The summed E-state index contributed by atoms with van der Waals surface area (Å²) in [4.78, 5) is 16.5. The first-order valence-corrected chi connectivity index (χ1v) is 14.3. The predicted octanol–water partition coefficient (Wildman–Crippen LogP) is 4.83. The molecule has 0 aliphatic heterocycles. The van der Waals surface area contributed by atoms with Crippen LogP contribution in [0.3, 0.4) is 0 Å². The highest BCUT2D eigenvalue weighted by atomic mass is 32.2. The van der Waals surface area contributed by atoms with E-state index in [1.54, 1.807) is 60.8 Å². The van der Waals surface area contributed by atoms with Crippen molar-refractivity contribution < 1.29 is 22.7 Å². The summed E-state index contributed by atoms with van der Waals surface area (Å²) in [5.41, 5.74) is 0.997. The number of unbranched alkanes of at least 4 members (excludes halogenated alkanes) is 1. The van der Waals surface area contributed by atoms with Gasteiger partial charge in [-0.05, 0) is 54.1 Å². The molecule has 0 saturated carbocycles. The number of nitrogens with zero attached hydrogens (tertiary/aromatic N) is 2. The molecule has 3 rings (SSSR count). The zero-order valence-electron chi connectivity index (χ0n) is 21.1. The third-order valence-corrected chi connectivity index (χ3v) is 8.57. The molecule has 7 nitrogen and oxygen atoms in total. The van der Waals surface area contributed by atoms with E-state index in [2.05, 4.69) is 0 Å². The standard InChI is InChI=1S/C27H34N2O5S2/c1-4-5-16-29(36(31,32)24-11-7-6-8-12-24)21-27(30)28(20-23-10-9-18-35-23)17-15-22-13-14-25(33-2)26(19-22)34-3/h6-14,18-19H,4-5,15-17,20-21H2,1-3H3. The number of rotatable bonds is 14. The van der Waals surface area contributed by atoms with Crippen molar-refractivity contribution in [3.05, 3.63) is 76.5 Å². The molecule has 1 aromatic heterocycles. The molecule has 0 aliphatic rings. The molecule has 0 unspecified atom stereocenters. The fraction of sp³-hybridized carbons (Fsp3) is 0.370. The molecule has 0 atom stereocenters. The predicted molar refractivity (Wildman–Crippen MR) is 143 cm³/mol. The molecule has 36 heavy (non-hydrogen) atoms. The van der Waals surface area contributed by atoms with Crippen molar-refractivity contribution in [1.29, 1.82) is 0 Å². The first-order chi connectivity index (χ1) is 17.4. The van der Waals surface area contributed by atoms with Crippen LogP contribution in [0.15, 0.2) is 70.9 Å². The molecule has 0 fully saturated rings. The SMILES string of the molecule is CCCCN(CC(=O)N(CCc1ccc(OC)c(OC)c1)Cc1cccs1)S(=O)(=O)c1ccccc1. The Morgan fingerprint density at radius 2 is 1.69 bits per heavy atom. The van der Waals surface area contributed by atoms with E-state index in [0.29, 0.717) is 44.0 Å². The lowest BCUT2D eigenvalue weighted by molar-refractivity contribution is -0.132.